The summed E-state index contributed by atoms with van der Waals surface area (Å²) in [6.07, 6.45) is 1.71. The van der Waals surface area contributed by atoms with E-state index in [4.69, 9.17) is 11.6 Å². The van der Waals surface area contributed by atoms with Crippen LogP contribution < -0.4 is 5.32 Å². The number of carboxylic acids is 1. The van der Waals surface area contributed by atoms with Gasteiger partial charge in [-0.05, 0) is 36.1 Å². The number of aromatic nitrogens is 1. The molecule has 0 aliphatic rings. The Morgan fingerprint density at radius 3 is 2.34 bits per heavy atom. The quantitative estimate of drug-likeness (QED) is 0.589. The maximum atomic E-state index is 12.6. The van der Waals surface area contributed by atoms with Gasteiger partial charge in [-0.2, -0.15) is 0 Å². The van der Waals surface area contributed by atoms with Gasteiger partial charge in [0.05, 0.1) is 11.3 Å². The minimum Gasteiger partial charge on any atom is -0.480 e. The van der Waals surface area contributed by atoms with E-state index < -0.39 is 17.9 Å². The maximum Gasteiger partial charge on any atom is 0.326 e. The number of halogens is 1. The Labute approximate surface area is 174 Å². The highest BCUT2D eigenvalue weighted by molar-refractivity contribution is 6.33. The lowest BCUT2D eigenvalue weighted by Gasteiger charge is -2.19. The molecule has 3 rings (SSSR count). The molecule has 0 bridgehead atoms. The minimum absolute atomic E-state index is 0.0154. The highest BCUT2D eigenvalue weighted by Gasteiger charge is 2.24. The number of rotatable bonds is 7. The van der Waals surface area contributed by atoms with Crippen LogP contribution in [0.4, 0.5) is 0 Å². The zero-order valence-electron chi connectivity index (χ0n) is 15.9. The predicted octanol–water partition coefficient (Wildman–Crippen LogP) is 4.78. The zero-order chi connectivity index (χ0) is 20.8. The first-order valence-corrected chi connectivity index (χ1v) is 9.63. The first kappa shape index (κ1) is 20.6. The topological polar surface area (TPSA) is 79.3 Å². The van der Waals surface area contributed by atoms with Crippen LogP contribution in [0.2, 0.25) is 5.02 Å². The number of carboxylic acid groups (broad SMARTS) is 1. The van der Waals surface area contributed by atoms with E-state index in [9.17, 15) is 14.7 Å². The van der Waals surface area contributed by atoms with Gasteiger partial charge in [-0.25, -0.2) is 4.79 Å². The summed E-state index contributed by atoms with van der Waals surface area (Å²) in [6.45, 7) is 1.94. The summed E-state index contributed by atoms with van der Waals surface area (Å²) in [6, 6.07) is 19.2. The van der Waals surface area contributed by atoms with E-state index in [0.717, 1.165) is 11.1 Å². The van der Waals surface area contributed by atoms with Crippen molar-refractivity contribution < 1.29 is 14.7 Å². The third-order valence-corrected chi connectivity index (χ3v) is 5.07. The molecule has 3 aromatic rings. The van der Waals surface area contributed by atoms with Crippen LogP contribution in [-0.2, 0) is 4.79 Å². The Morgan fingerprint density at radius 2 is 1.72 bits per heavy atom. The molecule has 2 N–H and O–H groups in total. The first-order valence-electron chi connectivity index (χ1n) is 9.25. The second kappa shape index (κ2) is 9.34. The number of aliphatic carboxylic acids is 1. The van der Waals surface area contributed by atoms with E-state index in [2.05, 4.69) is 10.3 Å². The van der Waals surface area contributed by atoms with Crippen molar-refractivity contribution in [2.75, 3.05) is 0 Å². The van der Waals surface area contributed by atoms with Crippen molar-refractivity contribution in [3.05, 3.63) is 89.1 Å². The molecule has 0 aliphatic heterocycles. The molecule has 0 radical (unpaired) electrons. The number of amides is 1. The van der Waals surface area contributed by atoms with Crippen LogP contribution in [0.1, 0.15) is 35.2 Å². The van der Waals surface area contributed by atoms with Crippen LogP contribution in [0.25, 0.3) is 11.3 Å². The average Bonchev–Trinajstić information content (AvgIpc) is 2.74. The van der Waals surface area contributed by atoms with Crippen molar-refractivity contribution in [3.63, 3.8) is 0 Å². The van der Waals surface area contributed by atoms with Gasteiger partial charge in [0.2, 0.25) is 0 Å². The molecule has 1 amide bonds. The lowest BCUT2D eigenvalue weighted by Crippen LogP contribution is -2.41. The average molecular weight is 409 g/mol. The van der Waals surface area contributed by atoms with Gasteiger partial charge >= 0.3 is 5.97 Å². The Bertz CT molecular complexity index is 991. The summed E-state index contributed by atoms with van der Waals surface area (Å²) in [5.74, 6) is -1.56. The number of carbonyl (C=O) groups excluding carboxylic acids is 1. The van der Waals surface area contributed by atoms with Crippen LogP contribution >= 0.6 is 11.6 Å². The molecule has 2 aromatic carbocycles. The molecule has 0 saturated carbocycles. The standard InChI is InChI=1S/C23H21ClN2O3/c1-15(16-7-3-2-4-8-16)13-21(23(28)29)26-22(27)17-11-12-20(25-14-17)18-9-5-6-10-19(18)24/h2-12,14-15,21H,13H2,1H3,(H,26,27)(H,28,29). The summed E-state index contributed by atoms with van der Waals surface area (Å²) in [5, 5.41) is 12.7. The van der Waals surface area contributed by atoms with Gasteiger partial charge < -0.3 is 10.4 Å². The van der Waals surface area contributed by atoms with Crippen molar-refractivity contribution in [3.8, 4) is 11.3 Å². The number of benzene rings is 2. The van der Waals surface area contributed by atoms with E-state index in [1.807, 2.05) is 55.5 Å². The highest BCUT2D eigenvalue weighted by atomic mass is 35.5. The fraction of sp³-hybridized carbons (Fsp3) is 0.174. The van der Waals surface area contributed by atoms with Crippen LogP contribution in [0, 0.1) is 0 Å². The van der Waals surface area contributed by atoms with E-state index in [0.29, 0.717) is 16.3 Å². The van der Waals surface area contributed by atoms with E-state index in [1.54, 1.807) is 18.2 Å². The number of hydrogen-bond acceptors (Lipinski definition) is 3. The van der Waals surface area contributed by atoms with E-state index >= 15 is 0 Å². The van der Waals surface area contributed by atoms with Gasteiger partial charge in [-0.3, -0.25) is 9.78 Å². The molecular formula is C23H21ClN2O3. The van der Waals surface area contributed by atoms with Crippen LogP contribution in [0.15, 0.2) is 72.9 Å². The van der Waals surface area contributed by atoms with Gasteiger partial charge in [-0.1, -0.05) is 67.1 Å². The summed E-state index contributed by atoms with van der Waals surface area (Å²) in [4.78, 5) is 28.5. The van der Waals surface area contributed by atoms with Crippen LogP contribution in [0.5, 0.6) is 0 Å². The van der Waals surface area contributed by atoms with Gasteiger partial charge in [0.25, 0.3) is 5.91 Å². The molecule has 5 nitrogen and oxygen atoms in total. The molecule has 2 atom stereocenters. The molecule has 0 saturated heterocycles. The maximum absolute atomic E-state index is 12.6. The molecule has 6 heteroatoms. The van der Waals surface area contributed by atoms with Crippen molar-refractivity contribution in [2.24, 2.45) is 0 Å². The molecular weight excluding hydrogens is 388 g/mol. The summed E-state index contributed by atoms with van der Waals surface area (Å²) >= 11 is 6.18. The number of nitrogens with zero attached hydrogens (tertiary/aromatic N) is 1. The number of pyridine rings is 1. The lowest BCUT2D eigenvalue weighted by molar-refractivity contribution is -0.139. The molecule has 0 spiro atoms. The van der Waals surface area contributed by atoms with Crippen LogP contribution in [-0.4, -0.2) is 28.0 Å². The van der Waals surface area contributed by atoms with Crippen molar-refractivity contribution in [1.29, 1.82) is 0 Å². The van der Waals surface area contributed by atoms with Gasteiger partial charge in [0.1, 0.15) is 6.04 Å². The summed E-state index contributed by atoms with van der Waals surface area (Å²) in [5.41, 5.74) is 2.72. The molecule has 1 aromatic heterocycles. The van der Waals surface area contributed by atoms with Crippen molar-refractivity contribution in [2.45, 2.75) is 25.3 Å². The number of hydrogen-bond donors (Lipinski definition) is 2. The lowest BCUT2D eigenvalue weighted by atomic mass is 9.94. The Kier molecular flexibility index (Phi) is 6.62. The fourth-order valence-electron chi connectivity index (χ4n) is 3.09. The Morgan fingerprint density at radius 1 is 1.03 bits per heavy atom. The van der Waals surface area contributed by atoms with Gasteiger partial charge in [-0.15, -0.1) is 0 Å². The van der Waals surface area contributed by atoms with Crippen LogP contribution in [0.3, 0.4) is 0 Å². The largest absolute Gasteiger partial charge is 0.480 e. The molecule has 148 valence electrons. The number of nitrogens with one attached hydrogen (secondary N) is 1. The molecule has 2 unspecified atom stereocenters. The fourth-order valence-corrected chi connectivity index (χ4v) is 3.32. The normalized spacial score (nSPS) is 12.8. The SMILES string of the molecule is CC(CC(NC(=O)c1ccc(-c2ccccc2Cl)nc1)C(=O)O)c1ccccc1. The Balaban J connectivity index is 1.70. The third kappa shape index (κ3) is 5.21. The van der Waals surface area contributed by atoms with Crippen molar-refractivity contribution >= 4 is 23.5 Å². The smallest absolute Gasteiger partial charge is 0.326 e. The number of carbonyl (C=O) groups is 2. The summed E-state index contributed by atoms with van der Waals surface area (Å²) in [7, 11) is 0. The monoisotopic (exact) mass is 408 g/mol. The minimum atomic E-state index is -1.07. The summed E-state index contributed by atoms with van der Waals surface area (Å²) < 4.78 is 0. The second-order valence-corrected chi connectivity index (χ2v) is 7.23. The van der Waals surface area contributed by atoms with E-state index in [-0.39, 0.29) is 12.3 Å². The molecule has 0 aliphatic carbocycles. The molecule has 1 heterocycles. The predicted molar refractivity (Wildman–Crippen MR) is 113 cm³/mol. The highest BCUT2D eigenvalue weighted by Crippen LogP contribution is 2.26. The Hall–Kier alpha value is -3.18. The third-order valence-electron chi connectivity index (χ3n) is 4.74. The molecule has 29 heavy (non-hydrogen) atoms. The van der Waals surface area contributed by atoms with Gasteiger partial charge in [0, 0.05) is 16.8 Å². The zero-order valence-corrected chi connectivity index (χ0v) is 16.6. The van der Waals surface area contributed by atoms with E-state index in [1.165, 1.54) is 6.20 Å². The second-order valence-electron chi connectivity index (χ2n) is 6.82. The first-order chi connectivity index (χ1) is 14.0. The van der Waals surface area contributed by atoms with Crippen molar-refractivity contribution in [1.82, 2.24) is 10.3 Å². The molecule has 0 fully saturated rings. The van der Waals surface area contributed by atoms with Gasteiger partial charge in [0.15, 0.2) is 0 Å².